The van der Waals surface area contributed by atoms with E-state index in [-0.39, 0.29) is 36.8 Å². The molecule has 1 aromatic heterocycles. The Bertz CT molecular complexity index is 1390. The molecule has 2 aromatic carbocycles. The third-order valence-corrected chi connectivity index (χ3v) is 7.23. The second-order valence-electron chi connectivity index (χ2n) is 11.9. The van der Waals surface area contributed by atoms with Gasteiger partial charge in [-0.3, -0.25) is 9.59 Å². The zero-order valence-corrected chi connectivity index (χ0v) is 31.6. The van der Waals surface area contributed by atoms with Crippen LogP contribution in [-0.2, 0) is 25.7 Å². The SMILES string of the molecule is CC.CC.CC=O.CCC(=O)N(CCC(N)C(=O)NCCOCCN)C(c1cc(-c2cc(F)ccc2F)cn1Cc1ccccc1)C(C)(C)C. The lowest BCUT2D eigenvalue weighted by Gasteiger charge is -2.41. The van der Waals surface area contributed by atoms with Gasteiger partial charge in [-0.25, -0.2) is 8.78 Å². The number of carbonyl (C=O) groups is 3. The highest BCUT2D eigenvalue weighted by atomic mass is 19.1. The van der Waals surface area contributed by atoms with Crippen molar-refractivity contribution in [3.05, 3.63) is 83.7 Å². The molecule has 0 aliphatic heterocycles. The van der Waals surface area contributed by atoms with Crippen molar-refractivity contribution in [1.82, 2.24) is 14.8 Å². The molecular weight excluding hydrogens is 640 g/mol. The molecule has 1 heterocycles. The first kappa shape index (κ1) is 46.1. The maximum Gasteiger partial charge on any atom is 0.237 e. The van der Waals surface area contributed by atoms with E-state index >= 15 is 0 Å². The molecule has 0 saturated carbocycles. The Morgan fingerprint density at radius 2 is 1.64 bits per heavy atom. The topological polar surface area (TPSA) is 133 Å². The Kier molecular flexibility index (Phi) is 23.1. The van der Waals surface area contributed by atoms with E-state index < -0.39 is 29.1 Å². The fraction of sp³-hybridized carbons (Fsp3) is 0.513. The Morgan fingerprint density at radius 1 is 1.02 bits per heavy atom. The largest absolute Gasteiger partial charge is 0.378 e. The Labute approximate surface area is 298 Å². The van der Waals surface area contributed by atoms with Gasteiger partial charge in [0.05, 0.1) is 25.3 Å². The Morgan fingerprint density at radius 3 is 2.20 bits per heavy atom. The fourth-order valence-electron chi connectivity index (χ4n) is 5.18. The van der Waals surface area contributed by atoms with Crippen molar-refractivity contribution in [3.63, 3.8) is 0 Å². The fourth-order valence-corrected chi connectivity index (χ4v) is 5.18. The maximum atomic E-state index is 14.9. The van der Waals surface area contributed by atoms with Crippen LogP contribution in [0.2, 0.25) is 0 Å². The van der Waals surface area contributed by atoms with Crippen LogP contribution in [0.5, 0.6) is 0 Å². The summed E-state index contributed by atoms with van der Waals surface area (Å²) in [6, 6.07) is 13.7. The molecule has 5 N–H and O–H groups in total. The first-order valence-electron chi connectivity index (χ1n) is 17.6. The quantitative estimate of drug-likeness (QED) is 0.117. The number of ether oxygens (including phenoxy) is 1. The van der Waals surface area contributed by atoms with Gasteiger partial charge < -0.3 is 35.8 Å². The van der Waals surface area contributed by atoms with Gasteiger partial charge in [0.25, 0.3) is 0 Å². The molecule has 0 fully saturated rings. The summed E-state index contributed by atoms with van der Waals surface area (Å²) in [5, 5.41) is 2.76. The summed E-state index contributed by atoms with van der Waals surface area (Å²) in [5.41, 5.74) is 13.6. The summed E-state index contributed by atoms with van der Waals surface area (Å²) >= 11 is 0. The summed E-state index contributed by atoms with van der Waals surface area (Å²) in [5.74, 6) is -1.51. The lowest BCUT2D eigenvalue weighted by Crippen LogP contribution is -2.47. The van der Waals surface area contributed by atoms with E-state index in [0.717, 1.165) is 29.7 Å². The summed E-state index contributed by atoms with van der Waals surface area (Å²) in [4.78, 5) is 36.7. The number of nitrogens with zero attached hydrogens (tertiary/aromatic N) is 2. The van der Waals surface area contributed by atoms with Crippen molar-refractivity contribution in [2.45, 2.75) is 93.8 Å². The molecular formula is C39H61F2N5O4. The van der Waals surface area contributed by atoms with E-state index in [1.54, 1.807) is 18.0 Å². The maximum absolute atomic E-state index is 14.9. The number of amides is 2. The molecule has 3 aromatic rings. The first-order valence-corrected chi connectivity index (χ1v) is 17.6. The molecule has 0 bridgehead atoms. The van der Waals surface area contributed by atoms with Crippen LogP contribution < -0.4 is 16.8 Å². The van der Waals surface area contributed by atoms with Crippen molar-refractivity contribution in [2.24, 2.45) is 16.9 Å². The highest BCUT2D eigenvalue weighted by Gasteiger charge is 2.37. The van der Waals surface area contributed by atoms with Gasteiger partial charge in [0.2, 0.25) is 11.8 Å². The molecule has 2 atom stereocenters. The molecule has 11 heteroatoms. The number of nitrogens with two attached hydrogens (primary N) is 2. The van der Waals surface area contributed by atoms with E-state index in [9.17, 15) is 18.4 Å². The second kappa shape index (κ2) is 25.1. The van der Waals surface area contributed by atoms with Gasteiger partial charge in [-0.1, -0.05) is 85.7 Å². The van der Waals surface area contributed by atoms with E-state index in [0.29, 0.717) is 38.4 Å². The van der Waals surface area contributed by atoms with Gasteiger partial charge in [0.1, 0.15) is 17.9 Å². The number of aromatic nitrogens is 1. The highest BCUT2D eigenvalue weighted by Crippen LogP contribution is 2.41. The van der Waals surface area contributed by atoms with Crippen LogP contribution in [0.4, 0.5) is 8.78 Å². The number of aldehydes is 1. The molecule has 9 nitrogen and oxygen atoms in total. The van der Waals surface area contributed by atoms with Crippen LogP contribution in [0.15, 0.2) is 60.8 Å². The number of hydrogen-bond acceptors (Lipinski definition) is 6. The smallest absolute Gasteiger partial charge is 0.237 e. The molecule has 0 radical (unpaired) electrons. The Hall–Kier alpha value is -3.93. The summed E-state index contributed by atoms with van der Waals surface area (Å²) < 4.78 is 36.4. The van der Waals surface area contributed by atoms with E-state index in [1.807, 2.05) is 89.4 Å². The van der Waals surface area contributed by atoms with E-state index in [4.69, 9.17) is 21.0 Å². The molecule has 0 aliphatic carbocycles. The van der Waals surface area contributed by atoms with Crippen LogP contribution in [-0.4, -0.2) is 66.5 Å². The number of hydrogen-bond donors (Lipinski definition) is 3. The second-order valence-corrected chi connectivity index (χ2v) is 11.9. The minimum atomic E-state index is -0.838. The highest BCUT2D eigenvalue weighted by molar-refractivity contribution is 5.81. The van der Waals surface area contributed by atoms with Gasteiger partial charge in [-0.15, -0.1) is 0 Å². The van der Waals surface area contributed by atoms with E-state index in [2.05, 4.69) is 5.32 Å². The lowest BCUT2D eigenvalue weighted by molar-refractivity contribution is -0.137. The third kappa shape index (κ3) is 15.3. The molecule has 280 valence electrons. The van der Waals surface area contributed by atoms with Gasteiger partial charge in [0, 0.05) is 55.6 Å². The molecule has 2 amide bonds. The standard InChI is InChI=1S/C33H45F2N5O3.C2H4O.2C2H6/c1-5-30(41)40(16-13-28(37)32(42)38-15-18-43-17-14-36)31(33(2,3)4)29-19-24(26-20-25(34)11-12-27(26)35)22-39(29)21-23-9-7-6-8-10-23;1-2-3;2*1-2/h6-12,19-20,22,28,31H,5,13-18,21,36-37H2,1-4H3,(H,38,42);2H,1H3;2*1-2H3. The molecule has 0 spiro atoms. The lowest BCUT2D eigenvalue weighted by atomic mass is 9.82. The molecule has 0 saturated heterocycles. The summed E-state index contributed by atoms with van der Waals surface area (Å²) in [6.07, 6.45) is 3.04. The van der Waals surface area contributed by atoms with Crippen molar-refractivity contribution in [3.8, 4) is 11.1 Å². The minimum Gasteiger partial charge on any atom is -0.378 e. The van der Waals surface area contributed by atoms with Gasteiger partial charge >= 0.3 is 0 Å². The van der Waals surface area contributed by atoms with Crippen molar-refractivity contribution < 1.29 is 27.9 Å². The molecule has 2 unspecified atom stereocenters. The van der Waals surface area contributed by atoms with Gasteiger partial charge in [-0.2, -0.15) is 0 Å². The van der Waals surface area contributed by atoms with Crippen LogP contribution in [0.1, 0.15) is 92.5 Å². The number of nitrogens with one attached hydrogen (secondary N) is 1. The monoisotopic (exact) mass is 701 g/mol. The number of rotatable bonds is 15. The number of benzene rings is 2. The van der Waals surface area contributed by atoms with Crippen LogP contribution in [0.25, 0.3) is 11.1 Å². The van der Waals surface area contributed by atoms with Crippen LogP contribution >= 0.6 is 0 Å². The van der Waals surface area contributed by atoms with Gasteiger partial charge in [-0.05, 0) is 48.6 Å². The predicted molar refractivity (Wildman–Crippen MR) is 199 cm³/mol. The van der Waals surface area contributed by atoms with Crippen LogP contribution in [0, 0.1) is 17.0 Å². The van der Waals surface area contributed by atoms with E-state index in [1.165, 1.54) is 13.0 Å². The average molecular weight is 702 g/mol. The first-order chi connectivity index (χ1) is 23.9. The minimum absolute atomic E-state index is 0.103. The Balaban J connectivity index is 0.00000319. The van der Waals surface area contributed by atoms with Crippen molar-refractivity contribution in [2.75, 3.05) is 32.8 Å². The number of halogens is 2. The van der Waals surface area contributed by atoms with Gasteiger partial charge in [0.15, 0.2) is 0 Å². The number of carbonyl (C=O) groups excluding carboxylic acids is 3. The van der Waals surface area contributed by atoms with Crippen molar-refractivity contribution >= 4 is 18.1 Å². The predicted octanol–water partition coefficient (Wildman–Crippen LogP) is 6.87. The zero-order chi connectivity index (χ0) is 38.3. The average Bonchev–Trinajstić information content (AvgIpc) is 3.51. The summed E-state index contributed by atoms with van der Waals surface area (Å²) in [6.45, 7) is 19.5. The summed E-state index contributed by atoms with van der Waals surface area (Å²) in [7, 11) is 0. The van der Waals surface area contributed by atoms with Crippen LogP contribution in [0.3, 0.4) is 0 Å². The normalized spacial score (nSPS) is 11.7. The molecule has 50 heavy (non-hydrogen) atoms. The molecule has 3 rings (SSSR count). The third-order valence-electron chi connectivity index (χ3n) is 7.23. The molecule has 0 aliphatic rings. The zero-order valence-electron chi connectivity index (χ0n) is 31.6. The van der Waals surface area contributed by atoms with Crippen molar-refractivity contribution in [1.29, 1.82) is 0 Å².